The van der Waals surface area contributed by atoms with Gasteiger partial charge in [0.2, 0.25) is 0 Å². The lowest BCUT2D eigenvalue weighted by Gasteiger charge is -2.09. The average Bonchev–Trinajstić information content (AvgIpc) is 2.74. The van der Waals surface area contributed by atoms with Gasteiger partial charge in [0.1, 0.15) is 12.4 Å². The molecule has 3 aromatic rings. The van der Waals surface area contributed by atoms with Crippen LogP contribution in [0.25, 0.3) is 0 Å². The molecule has 0 saturated heterocycles. The van der Waals surface area contributed by atoms with Gasteiger partial charge in [0.25, 0.3) is 5.91 Å². The normalized spacial score (nSPS) is 10.3. The summed E-state index contributed by atoms with van der Waals surface area (Å²) in [4.78, 5) is 12.1. The van der Waals surface area contributed by atoms with Gasteiger partial charge in [0, 0.05) is 11.1 Å². The smallest absolute Gasteiger partial charge is 0.271 e. The highest BCUT2D eigenvalue weighted by molar-refractivity contribution is 5.95. The SMILES string of the molecule is N#Cc1ccc(C(=O)N/N=C\c2ccccc2OCc2ccccc2)cc1. The van der Waals surface area contributed by atoms with Gasteiger partial charge in [-0.05, 0) is 42.0 Å². The van der Waals surface area contributed by atoms with Crippen LogP contribution >= 0.6 is 0 Å². The van der Waals surface area contributed by atoms with Crippen LogP contribution in [0.15, 0.2) is 84.0 Å². The van der Waals surface area contributed by atoms with Crippen molar-refractivity contribution in [2.24, 2.45) is 5.10 Å². The standard InChI is InChI=1S/C22H17N3O2/c23-14-17-10-12-19(13-11-17)22(26)25-24-15-20-8-4-5-9-21(20)27-16-18-6-2-1-3-7-18/h1-13,15H,16H2,(H,25,26)/b24-15-. The van der Waals surface area contributed by atoms with Crippen LogP contribution < -0.4 is 10.2 Å². The number of benzene rings is 3. The Labute approximate surface area is 157 Å². The minimum absolute atomic E-state index is 0.349. The fraction of sp³-hybridized carbons (Fsp3) is 0.0455. The fourth-order valence-electron chi connectivity index (χ4n) is 2.38. The number of para-hydroxylation sites is 1. The Hall–Kier alpha value is -3.91. The molecule has 0 aliphatic heterocycles. The largest absolute Gasteiger partial charge is 0.488 e. The molecule has 1 N–H and O–H groups in total. The molecule has 27 heavy (non-hydrogen) atoms. The second-order valence-electron chi connectivity index (χ2n) is 5.70. The van der Waals surface area contributed by atoms with Gasteiger partial charge >= 0.3 is 0 Å². The lowest BCUT2D eigenvalue weighted by molar-refractivity contribution is 0.0955. The Kier molecular flexibility index (Phi) is 5.95. The van der Waals surface area contributed by atoms with E-state index in [1.807, 2.05) is 60.7 Å². The molecule has 1 amide bonds. The lowest BCUT2D eigenvalue weighted by Crippen LogP contribution is -2.17. The summed E-state index contributed by atoms with van der Waals surface area (Å²) >= 11 is 0. The summed E-state index contributed by atoms with van der Waals surface area (Å²) in [5.74, 6) is 0.330. The zero-order valence-electron chi connectivity index (χ0n) is 14.5. The van der Waals surface area contributed by atoms with E-state index in [-0.39, 0.29) is 5.91 Å². The zero-order valence-corrected chi connectivity index (χ0v) is 14.5. The number of amides is 1. The molecule has 0 spiro atoms. The fourth-order valence-corrected chi connectivity index (χ4v) is 2.38. The van der Waals surface area contributed by atoms with Crippen LogP contribution in [0.2, 0.25) is 0 Å². The van der Waals surface area contributed by atoms with Crippen molar-refractivity contribution in [3.8, 4) is 11.8 Å². The van der Waals surface area contributed by atoms with Gasteiger partial charge < -0.3 is 4.74 Å². The Balaban J connectivity index is 1.63. The maximum atomic E-state index is 12.1. The van der Waals surface area contributed by atoms with Gasteiger partial charge in [-0.15, -0.1) is 0 Å². The number of carbonyl (C=O) groups is 1. The van der Waals surface area contributed by atoms with E-state index >= 15 is 0 Å². The number of nitrogens with one attached hydrogen (secondary N) is 1. The minimum Gasteiger partial charge on any atom is -0.488 e. The van der Waals surface area contributed by atoms with Gasteiger partial charge in [-0.25, -0.2) is 5.43 Å². The third-order valence-corrected chi connectivity index (χ3v) is 3.80. The van der Waals surface area contributed by atoms with Crippen LogP contribution in [0.4, 0.5) is 0 Å². The van der Waals surface area contributed by atoms with Gasteiger partial charge in [-0.2, -0.15) is 10.4 Å². The topological polar surface area (TPSA) is 74.5 Å². The molecular weight excluding hydrogens is 338 g/mol. The van der Waals surface area contributed by atoms with Crippen LogP contribution in [0.5, 0.6) is 5.75 Å². The summed E-state index contributed by atoms with van der Waals surface area (Å²) < 4.78 is 5.86. The molecule has 0 fully saturated rings. The molecule has 0 aliphatic carbocycles. The maximum absolute atomic E-state index is 12.1. The highest BCUT2D eigenvalue weighted by Crippen LogP contribution is 2.17. The second-order valence-corrected chi connectivity index (χ2v) is 5.70. The number of ether oxygens (including phenoxy) is 1. The summed E-state index contributed by atoms with van der Waals surface area (Å²) in [6.07, 6.45) is 1.54. The molecule has 0 aliphatic rings. The van der Waals surface area contributed by atoms with Crippen molar-refractivity contribution in [2.75, 3.05) is 0 Å². The van der Waals surface area contributed by atoms with E-state index in [9.17, 15) is 4.79 Å². The van der Waals surface area contributed by atoms with Crippen molar-refractivity contribution in [1.29, 1.82) is 5.26 Å². The highest BCUT2D eigenvalue weighted by Gasteiger charge is 2.05. The molecule has 0 unspecified atom stereocenters. The second kappa shape index (κ2) is 8.97. The molecule has 3 rings (SSSR count). The molecular formula is C22H17N3O2. The van der Waals surface area contributed by atoms with E-state index < -0.39 is 0 Å². The first-order valence-corrected chi connectivity index (χ1v) is 8.35. The summed E-state index contributed by atoms with van der Waals surface area (Å²) in [5, 5.41) is 12.8. The molecule has 0 radical (unpaired) electrons. The number of hydrazone groups is 1. The van der Waals surface area contributed by atoms with Crippen LogP contribution in [0.1, 0.15) is 27.0 Å². The molecule has 0 atom stereocenters. The average molecular weight is 355 g/mol. The first-order valence-electron chi connectivity index (χ1n) is 8.35. The number of hydrogen-bond donors (Lipinski definition) is 1. The first-order chi connectivity index (χ1) is 13.3. The summed E-state index contributed by atoms with van der Waals surface area (Å²) in [5.41, 5.74) is 5.23. The van der Waals surface area contributed by atoms with Crippen molar-refractivity contribution >= 4 is 12.1 Å². The summed E-state index contributed by atoms with van der Waals surface area (Å²) in [6, 6.07) is 25.7. The number of nitriles is 1. The van der Waals surface area contributed by atoms with Crippen LogP contribution in [-0.2, 0) is 6.61 Å². The summed E-state index contributed by atoms with van der Waals surface area (Å²) in [7, 11) is 0. The van der Waals surface area contributed by atoms with Gasteiger partial charge in [-0.3, -0.25) is 4.79 Å². The molecule has 132 valence electrons. The molecule has 5 nitrogen and oxygen atoms in total. The van der Waals surface area contributed by atoms with Crippen LogP contribution in [-0.4, -0.2) is 12.1 Å². The molecule has 5 heteroatoms. The number of rotatable bonds is 6. The molecule has 0 bridgehead atoms. The van der Waals surface area contributed by atoms with Crippen LogP contribution in [0.3, 0.4) is 0 Å². The van der Waals surface area contributed by atoms with Crippen molar-refractivity contribution < 1.29 is 9.53 Å². The molecule has 0 heterocycles. The molecule has 3 aromatic carbocycles. The predicted molar refractivity (Wildman–Crippen MR) is 103 cm³/mol. The monoisotopic (exact) mass is 355 g/mol. The van der Waals surface area contributed by atoms with Crippen LogP contribution in [0, 0.1) is 11.3 Å². The van der Waals surface area contributed by atoms with Crippen molar-refractivity contribution in [3.63, 3.8) is 0 Å². The molecule has 0 saturated carbocycles. The summed E-state index contributed by atoms with van der Waals surface area (Å²) in [6.45, 7) is 0.448. The quantitative estimate of drug-likeness (QED) is 0.538. The Morgan fingerprint density at radius 2 is 1.70 bits per heavy atom. The van der Waals surface area contributed by atoms with E-state index in [1.54, 1.807) is 30.5 Å². The van der Waals surface area contributed by atoms with Crippen molar-refractivity contribution in [3.05, 3.63) is 101 Å². The zero-order chi connectivity index (χ0) is 18.9. The third-order valence-electron chi connectivity index (χ3n) is 3.80. The van der Waals surface area contributed by atoms with E-state index in [0.29, 0.717) is 23.5 Å². The Morgan fingerprint density at radius 3 is 2.44 bits per heavy atom. The van der Waals surface area contributed by atoms with Gasteiger partial charge in [-0.1, -0.05) is 42.5 Å². The van der Waals surface area contributed by atoms with E-state index in [4.69, 9.17) is 10.00 Å². The van der Waals surface area contributed by atoms with E-state index in [0.717, 1.165) is 11.1 Å². The Morgan fingerprint density at radius 1 is 1.00 bits per heavy atom. The Bertz CT molecular complexity index is 974. The number of hydrogen-bond acceptors (Lipinski definition) is 4. The minimum atomic E-state index is -0.349. The van der Waals surface area contributed by atoms with Crippen molar-refractivity contribution in [1.82, 2.24) is 5.43 Å². The van der Waals surface area contributed by atoms with Gasteiger partial charge in [0.05, 0.1) is 17.8 Å². The van der Waals surface area contributed by atoms with Gasteiger partial charge in [0.15, 0.2) is 0 Å². The van der Waals surface area contributed by atoms with Crippen molar-refractivity contribution in [2.45, 2.75) is 6.61 Å². The third kappa shape index (κ3) is 5.03. The maximum Gasteiger partial charge on any atom is 0.271 e. The van der Waals surface area contributed by atoms with E-state index in [1.165, 1.54) is 0 Å². The highest BCUT2D eigenvalue weighted by atomic mass is 16.5. The van der Waals surface area contributed by atoms with E-state index in [2.05, 4.69) is 10.5 Å². The number of nitrogens with zero attached hydrogens (tertiary/aromatic N) is 2. The molecule has 0 aromatic heterocycles. The lowest BCUT2D eigenvalue weighted by atomic mass is 10.1. The first kappa shape index (κ1) is 17.9. The predicted octanol–water partition coefficient (Wildman–Crippen LogP) is 3.90. The number of carbonyl (C=O) groups excluding carboxylic acids is 1.